The first-order valence-corrected chi connectivity index (χ1v) is 5.94. The third kappa shape index (κ3) is 2.92. The second-order valence-electron chi connectivity index (χ2n) is 4.66. The van der Waals surface area contributed by atoms with E-state index in [1.165, 1.54) is 6.42 Å². The molecule has 4 heteroatoms. The highest BCUT2D eigenvalue weighted by molar-refractivity contribution is 5.25. The molecule has 0 aromatic carbocycles. The molecule has 1 aromatic rings. The Hall–Kier alpha value is -1.16. The number of hydrogen-bond donors (Lipinski definition) is 2. The number of aromatic nitrogens is 2. The van der Waals surface area contributed by atoms with Gasteiger partial charge in [0.05, 0.1) is 5.60 Å². The maximum absolute atomic E-state index is 10.3. The summed E-state index contributed by atoms with van der Waals surface area (Å²) in [5.41, 5.74) is 0.374. The summed E-state index contributed by atoms with van der Waals surface area (Å²) in [6, 6.07) is 1.86. The Morgan fingerprint density at radius 3 is 2.81 bits per heavy atom. The van der Waals surface area contributed by atoms with Crippen molar-refractivity contribution in [1.82, 2.24) is 9.97 Å². The van der Waals surface area contributed by atoms with E-state index in [9.17, 15) is 5.11 Å². The first kappa shape index (κ1) is 11.3. The van der Waals surface area contributed by atoms with Gasteiger partial charge in [0, 0.05) is 18.4 Å². The van der Waals surface area contributed by atoms with Crippen LogP contribution in [0.15, 0.2) is 12.3 Å². The predicted molar refractivity (Wildman–Crippen MR) is 63.3 cm³/mol. The van der Waals surface area contributed by atoms with Gasteiger partial charge in [0.2, 0.25) is 5.95 Å². The number of nitrogens with one attached hydrogen (secondary N) is 1. The maximum atomic E-state index is 10.3. The van der Waals surface area contributed by atoms with Gasteiger partial charge in [0.1, 0.15) is 0 Å². The number of aryl methyl sites for hydroxylation is 1. The molecule has 1 aliphatic carbocycles. The average Bonchev–Trinajstić information content (AvgIpc) is 2.28. The van der Waals surface area contributed by atoms with Crippen LogP contribution < -0.4 is 5.32 Å². The monoisotopic (exact) mass is 221 g/mol. The molecule has 2 N–H and O–H groups in total. The van der Waals surface area contributed by atoms with Gasteiger partial charge in [-0.05, 0) is 25.8 Å². The fourth-order valence-corrected chi connectivity index (χ4v) is 2.16. The van der Waals surface area contributed by atoms with E-state index in [0.29, 0.717) is 12.5 Å². The first-order valence-electron chi connectivity index (χ1n) is 5.94. The number of anilines is 1. The molecular weight excluding hydrogens is 202 g/mol. The Balaban J connectivity index is 1.91. The normalized spacial score (nSPS) is 19.4. The largest absolute Gasteiger partial charge is 0.388 e. The second kappa shape index (κ2) is 4.78. The lowest BCUT2D eigenvalue weighted by Gasteiger charge is -2.32. The summed E-state index contributed by atoms with van der Waals surface area (Å²) < 4.78 is 0. The molecular formula is C12H19N3O. The van der Waals surface area contributed by atoms with Crippen LogP contribution in [0.4, 0.5) is 5.95 Å². The van der Waals surface area contributed by atoms with Gasteiger partial charge in [-0.3, -0.25) is 0 Å². The molecule has 88 valence electrons. The van der Waals surface area contributed by atoms with Gasteiger partial charge in [0.25, 0.3) is 0 Å². The number of nitrogens with zero attached hydrogens (tertiary/aromatic N) is 2. The summed E-state index contributed by atoms with van der Waals surface area (Å²) in [5, 5.41) is 13.4. The van der Waals surface area contributed by atoms with Crippen LogP contribution in [-0.4, -0.2) is 27.2 Å². The lowest BCUT2D eigenvalue weighted by atomic mass is 9.85. The van der Waals surface area contributed by atoms with Gasteiger partial charge < -0.3 is 10.4 Å². The minimum atomic E-state index is -0.564. The highest BCUT2D eigenvalue weighted by atomic mass is 16.3. The van der Waals surface area contributed by atoms with E-state index in [1.54, 1.807) is 6.20 Å². The van der Waals surface area contributed by atoms with Gasteiger partial charge in [-0.15, -0.1) is 0 Å². The summed E-state index contributed by atoms with van der Waals surface area (Å²) in [5.74, 6) is 0.610. The zero-order valence-electron chi connectivity index (χ0n) is 9.74. The van der Waals surface area contributed by atoms with Gasteiger partial charge in [-0.25, -0.2) is 9.97 Å². The fourth-order valence-electron chi connectivity index (χ4n) is 2.16. The lowest BCUT2D eigenvalue weighted by molar-refractivity contribution is 0.0166. The van der Waals surface area contributed by atoms with Crippen molar-refractivity contribution >= 4 is 5.95 Å². The summed E-state index contributed by atoms with van der Waals surface area (Å²) in [6.07, 6.45) is 6.97. The molecule has 1 aromatic heterocycles. The molecule has 0 bridgehead atoms. The zero-order valence-corrected chi connectivity index (χ0v) is 9.74. The van der Waals surface area contributed by atoms with Crippen LogP contribution in [0.5, 0.6) is 0 Å². The van der Waals surface area contributed by atoms with Crippen LogP contribution >= 0.6 is 0 Å². The summed E-state index contributed by atoms with van der Waals surface area (Å²) in [7, 11) is 0. The van der Waals surface area contributed by atoms with Crippen LogP contribution in [0.1, 0.15) is 37.8 Å². The average molecular weight is 221 g/mol. The summed E-state index contributed by atoms with van der Waals surface area (Å²) in [6.45, 7) is 2.48. The second-order valence-corrected chi connectivity index (χ2v) is 4.66. The highest BCUT2D eigenvalue weighted by Gasteiger charge is 2.28. The Labute approximate surface area is 96.1 Å². The van der Waals surface area contributed by atoms with Crippen LogP contribution in [-0.2, 0) is 0 Å². The van der Waals surface area contributed by atoms with Crippen LogP contribution in [0, 0.1) is 6.92 Å². The van der Waals surface area contributed by atoms with Crippen molar-refractivity contribution in [3.05, 3.63) is 18.0 Å². The minimum Gasteiger partial charge on any atom is -0.388 e. The lowest BCUT2D eigenvalue weighted by Crippen LogP contribution is -2.39. The van der Waals surface area contributed by atoms with Crippen molar-refractivity contribution in [2.24, 2.45) is 0 Å². The van der Waals surface area contributed by atoms with Gasteiger partial charge in [-0.1, -0.05) is 19.3 Å². The number of rotatable bonds is 3. The van der Waals surface area contributed by atoms with E-state index in [-0.39, 0.29) is 0 Å². The Morgan fingerprint density at radius 1 is 1.38 bits per heavy atom. The van der Waals surface area contributed by atoms with E-state index in [2.05, 4.69) is 15.3 Å². The molecule has 0 saturated heterocycles. The molecule has 0 unspecified atom stereocenters. The molecule has 0 aliphatic heterocycles. The Morgan fingerprint density at radius 2 is 2.12 bits per heavy atom. The maximum Gasteiger partial charge on any atom is 0.222 e. The SMILES string of the molecule is Cc1ccnc(NCC2(O)CCCCC2)n1. The molecule has 4 nitrogen and oxygen atoms in total. The molecule has 0 radical (unpaired) electrons. The van der Waals surface area contributed by atoms with Crippen molar-refractivity contribution in [2.75, 3.05) is 11.9 Å². The van der Waals surface area contributed by atoms with Crippen LogP contribution in [0.2, 0.25) is 0 Å². The third-order valence-corrected chi connectivity index (χ3v) is 3.15. The molecule has 1 saturated carbocycles. The van der Waals surface area contributed by atoms with E-state index >= 15 is 0 Å². The molecule has 1 fully saturated rings. The summed E-state index contributed by atoms with van der Waals surface area (Å²) in [4.78, 5) is 8.38. The quantitative estimate of drug-likeness (QED) is 0.818. The first-order chi connectivity index (χ1) is 7.68. The molecule has 16 heavy (non-hydrogen) atoms. The molecule has 0 atom stereocenters. The minimum absolute atomic E-state index is 0.552. The van der Waals surface area contributed by atoms with Crippen molar-refractivity contribution < 1.29 is 5.11 Å². The summed E-state index contributed by atoms with van der Waals surface area (Å²) >= 11 is 0. The van der Waals surface area contributed by atoms with Crippen molar-refractivity contribution in [2.45, 2.75) is 44.6 Å². The third-order valence-electron chi connectivity index (χ3n) is 3.15. The van der Waals surface area contributed by atoms with Crippen molar-refractivity contribution in [3.63, 3.8) is 0 Å². The van der Waals surface area contributed by atoms with E-state index in [1.807, 2.05) is 13.0 Å². The Bertz CT molecular complexity index is 348. The van der Waals surface area contributed by atoms with E-state index in [4.69, 9.17) is 0 Å². The molecule has 1 heterocycles. The van der Waals surface area contributed by atoms with Gasteiger partial charge in [0.15, 0.2) is 0 Å². The van der Waals surface area contributed by atoms with E-state index < -0.39 is 5.60 Å². The van der Waals surface area contributed by atoms with Gasteiger partial charge >= 0.3 is 0 Å². The number of aliphatic hydroxyl groups is 1. The van der Waals surface area contributed by atoms with Crippen molar-refractivity contribution in [3.8, 4) is 0 Å². The Kier molecular flexibility index (Phi) is 3.39. The standard InChI is InChI=1S/C12H19N3O/c1-10-5-8-13-11(15-10)14-9-12(16)6-3-2-4-7-12/h5,8,16H,2-4,6-7,9H2,1H3,(H,13,14,15). The molecule has 1 aliphatic rings. The predicted octanol–water partition coefficient (Wildman–Crippen LogP) is 1.89. The van der Waals surface area contributed by atoms with Crippen LogP contribution in [0.3, 0.4) is 0 Å². The van der Waals surface area contributed by atoms with E-state index in [0.717, 1.165) is 31.4 Å². The highest BCUT2D eigenvalue weighted by Crippen LogP contribution is 2.27. The molecule has 2 rings (SSSR count). The molecule has 0 spiro atoms. The van der Waals surface area contributed by atoms with Crippen molar-refractivity contribution in [1.29, 1.82) is 0 Å². The van der Waals surface area contributed by atoms with Crippen LogP contribution in [0.25, 0.3) is 0 Å². The topological polar surface area (TPSA) is 58.0 Å². The smallest absolute Gasteiger partial charge is 0.222 e. The molecule has 0 amide bonds. The number of hydrogen-bond acceptors (Lipinski definition) is 4. The fraction of sp³-hybridized carbons (Fsp3) is 0.667. The zero-order chi connectivity index (χ0) is 11.4. The van der Waals surface area contributed by atoms with Gasteiger partial charge in [-0.2, -0.15) is 0 Å².